The van der Waals surface area contributed by atoms with Gasteiger partial charge < -0.3 is 26.0 Å². The maximum atomic E-state index is 12.3. The van der Waals surface area contributed by atoms with E-state index in [1.807, 2.05) is 30.3 Å². The molecule has 1 aromatic carbocycles. The second kappa shape index (κ2) is 12.0. The average molecular weight is 438 g/mol. The molecule has 1 aliphatic heterocycles. The summed E-state index contributed by atoms with van der Waals surface area (Å²) in [6, 6.07) is 11.0. The lowest BCUT2D eigenvalue weighted by Gasteiger charge is -2.16. The Morgan fingerprint density at radius 1 is 1.09 bits per heavy atom. The summed E-state index contributed by atoms with van der Waals surface area (Å²) < 4.78 is 5.15. The Labute approximate surface area is 185 Å². The molecule has 0 radical (unpaired) electrons. The van der Waals surface area contributed by atoms with Crippen LogP contribution in [-0.2, 0) is 20.9 Å². The number of amides is 2. The second-order valence-corrected chi connectivity index (χ2v) is 7.03. The summed E-state index contributed by atoms with van der Waals surface area (Å²) in [5, 5.41) is 11.3. The van der Waals surface area contributed by atoms with Gasteiger partial charge in [-0.1, -0.05) is 30.3 Å². The van der Waals surface area contributed by atoms with Gasteiger partial charge in [0.15, 0.2) is 5.96 Å². The number of esters is 1. The summed E-state index contributed by atoms with van der Waals surface area (Å²) in [6.45, 7) is 1.67. The summed E-state index contributed by atoms with van der Waals surface area (Å²) in [5.41, 5.74) is 1.82. The summed E-state index contributed by atoms with van der Waals surface area (Å²) in [7, 11) is 0. The fraction of sp³-hybridized carbons (Fsp3) is 0.318. The number of pyridine rings is 1. The normalized spacial score (nSPS) is 12.7. The molecule has 2 aromatic rings. The number of nitrogens with one attached hydrogen (secondary N) is 4. The third-order valence-electron chi connectivity index (χ3n) is 4.46. The first kappa shape index (κ1) is 22.7. The van der Waals surface area contributed by atoms with E-state index in [0.29, 0.717) is 17.2 Å². The van der Waals surface area contributed by atoms with Gasteiger partial charge >= 0.3 is 5.97 Å². The quantitative estimate of drug-likeness (QED) is 0.426. The van der Waals surface area contributed by atoms with Crippen LogP contribution in [0.25, 0.3) is 0 Å². The largest absolute Gasteiger partial charge is 0.461 e. The molecular formula is C22H26N6O4. The molecule has 2 heterocycles. The van der Waals surface area contributed by atoms with Crippen LogP contribution in [0.1, 0.15) is 28.8 Å². The van der Waals surface area contributed by atoms with Crippen molar-refractivity contribution in [1.29, 1.82) is 0 Å². The minimum absolute atomic E-state index is 0.0437. The lowest BCUT2D eigenvalue weighted by Crippen LogP contribution is -2.38. The van der Waals surface area contributed by atoms with Crippen molar-refractivity contribution >= 4 is 29.4 Å². The maximum Gasteiger partial charge on any atom is 0.307 e. The Balaban J connectivity index is 1.34. The predicted octanol–water partition coefficient (Wildman–Crippen LogP) is 0.822. The number of aliphatic imine (C=N–C) groups is 1. The van der Waals surface area contributed by atoms with Gasteiger partial charge in [0, 0.05) is 25.8 Å². The molecule has 0 saturated heterocycles. The minimum Gasteiger partial charge on any atom is -0.461 e. The zero-order valence-corrected chi connectivity index (χ0v) is 17.6. The van der Waals surface area contributed by atoms with Gasteiger partial charge in [0.1, 0.15) is 6.61 Å². The molecule has 32 heavy (non-hydrogen) atoms. The number of hydrogen-bond acceptors (Lipinski definition) is 8. The monoisotopic (exact) mass is 438 g/mol. The zero-order chi connectivity index (χ0) is 22.6. The highest BCUT2D eigenvalue weighted by Crippen LogP contribution is 2.09. The van der Waals surface area contributed by atoms with Crippen molar-refractivity contribution in [2.75, 3.05) is 31.5 Å². The number of benzene rings is 1. The highest BCUT2D eigenvalue weighted by Gasteiger charge is 2.11. The smallest absolute Gasteiger partial charge is 0.307 e. The SMILES string of the molecule is O=C(CNC(=O)c1cncc(NC2=NCCCN2)c1)NCCC(=O)OCc1ccccc1. The molecule has 10 nitrogen and oxygen atoms in total. The Bertz CT molecular complexity index is 964. The Kier molecular flexibility index (Phi) is 8.55. The second-order valence-electron chi connectivity index (χ2n) is 7.03. The molecule has 0 saturated carbocycles. The van der Waals surface area contributed by atoms with Gasteiger partial charge in [-0.05, 0) is 18.1 Å². The number of rotatable bonds is 9. The van der Waals surface area contributed by atoms with Crippen molar-refractivity contribution in [1.82, 2.24) is 20.9 Å². The van der Waals surface area contributed by atoms with Crippen molar-refractivity contribution in [2.24, 2.45) is 4.99 Å². The van der Waals surface area contributed by atoms with Crippen molar-refractivity contribution in [2.45, 2.75) is 19.4 Å². The molecule has 0 spiro atoms. The van der Waals surface area contributed by atoms with E-state index in [9.17, 15) is 14.4 Å². The van der Waals surface area contributed by atoms with Crippen LogP contribution >= 0.6 is 0 Å². The number of carbonyl (C=O) groups excluding carboxylic acids is 3. The summed E-state index contributed by atoms with van der Waals surface area (Å²) in [6.07, 6.45) is 4.02. The molecule has 0 atom stereocenters. The standard InChI is InChI=1S/C22H26N6O4/c29-19(24-10-7-20(30)32-15-16-5-2-1-3-6-16)14-27-21(31)17-11-18(13-23-12-17)28-22-25-8-4-9-26-22/h1-3,5-6,11-13H,4,7-10,14-15H2,(H,24,29)(H,27,31)(H2,25,26,28). The highest BCUT2D eigenvalue weighted by atomic mass is 16.5. The fourth-order valence-corrected chi connectivity index (χ4v) is 2.82. The lowest BCUT2D eigenvalue weighted by atomic mass is 10.2. The van der Waals surface area contributed by atoms with Crippen LogP contribution in [0.3, 0.4) is 0 Å². The molecular weight excluding hydrogens is 412 g/mol. The van der Waals surface area contributed by atoms with E-state index in [4.69, 9.17) is 4.74 Å². The molecule has 0 unspecified atom stereocenters. The first-order valence-corrected chi connectivity index (χ1v) is 10.3. The van der Waals surface area contributed by atoms with Gasteiger partial charge in [-0.15, -0.1) is 0 Å². The molecule has 0 bridgehead atoms. The first-order valence-electron chi connectivity index (χ1n) is 10.3. The number of ether oxygens (including phenoxy) is 1. The Morgan fingerprint density at radius 3 is 2.72 bits per heavy atom. The Morgan fingerprint density at radius 2 is 1.94 bits per heavy atom. The van der Waals surface area contributed by atoms with Crippen LogP contribution in [0.4, 0.5) is 5.69 Å². The fourth-order valence-electron chi connectivity index (χ4n) is 2.82. The number of aromatic nitrogens is 1. The highest BCUT2D eigenvalue weighted by molar-refractivity contribution is 5.99. The molecule has 2 amide bonds. The van der Waals surface area contributed by atoms with Gasteiger partial charge in [0.25, 0.3) is 5.91 Å². The van der Waals surface area contributed by atoms with E-state index in [1.54, 1.807) is 12.3 Å². The van der Waals surface area contributed by atoms with E-state index in [0.717, 1.165) is 25.1 Å². The van der Waals surface area contributed by atoms with Crippen LogP contribution in [0.5, 0.6) is 0 Å². The predicted molar refractivity (Wildman–Crippen MR) is 119 cm³/mol. The maximum absolute atomic E-state index is 12.3. The molecule has 10 heteroatoms. The van der Waals surface area contributed by atoms with Gasteiger partial charge in [-0.2, -0.15) is 0 Å². The van der Waals surface area contributed by atoms with Crippen molar-refractivity contribution < 1.29 is 19.1 Å². The summed E-state index contributed by atoms with van der Waals surface area (Å²) >= 11 is 0. The van der Waals surface area contributed by atoms with E-state index in [2.05, 4.69) is 31.2 Å². The average Bonchev–Trinajstić information content (AvgIpc) is 2.83. The topological polar surface area (TPSA) is 134 Å². The third kappa shape index (κ3) is 7.71. The van der Waals surface area contributed by atoms with Gasteiger partial charge in [0.05, 0.1) is 30.4 Å². The number of carbonyl (C=O) groups is 3. The van der Waals surface area contributed by atoms with Gasteiger partial charge in [-0.3, -0.25) is 24.4 Å². The molecule has 1 aromatic heterocycles. The number of anilines is 1. The van der Waals surface area contributed by atoms with E-state index >= 15 is 0 Å². The van der Waals surface area contributed by atoms with Crippen molar-refractivity contribution in [3.05, 3.63) is 59.9 Å². The van der Waals surface area contributed by atoms with Gasteiger partial charge in [0.2, 0.25) is 5.91 Å². The number of hydrogen-bond donors (Lipinski definition) is 4. The first-order chi connectivity index (χ1) is 15.6. The lowest BCUT2D eigenvalue weighted by molar-refractivity contribution is -0.144. The third-order valence-corrected chi connectivity index (χ3v) is 4.46. The van der Waals surface area contributed by atoms with Crippen LogP contribution < -0.4 is 21.3 Å². The molecule has 1 aliphatic rings. The zero-order valence-electron chi connectivity index (χ0n) is 17.6. The Hall–Kier alpha value is -3.95. The molecule has 3 rings (SSSR count). The van der Waals surface area contributed by atoms with Crippen LogP contribution in [0.2, 0.25) is 0 Å². The molecule has 4 N–H and O–H groups in total. The van der Waals surface area contributed by atoms with Crippen molar-refractivity contribution in [3.8, 4) is 0 Å². The van der Waals surface area contributed by atoms with Crippen molar-refractivity contribution in [3.63, 3.8) is 0 Å². The summed E-state index contributed by atoms with van der Waals surface area (Å²) in [5.74, 6) is -0.614. The van der Waals surface area contributed by atoms with E-state index in [1.165, 1.54) is 6.20 Å². The van der Waals surface area contributed by atoms with Crippen LogP contribution in [-0.4, -0.2) is 54.9 Å². The minimum atomic E-state index is -0.433. The molecule has 0 fully saturated rings. The van der Waals surface area contributed by atoms with Crippen LogP contribution in [0, 0.1) is 0 Å². The molecule has 0 aliphatic carbocycles. The van der Waals surface area contributed by atoms with Gasteiger partial charge in [-0.25, -0.2) is 0 Å². The van der Waals surface area contributed by atoms with Crippen LogP contribution in [0.15, 0.2) is 53.8 Å². The summed E-state index contributed by atoms with van der Waals surface area (Å²) in [4.78, 5) is 44.4. The number of guanidine groups is 1. The molecule has 168 valence electrons. The van der Waals surface area contributed by atoms with E-state index < -0.39 is 17.8 Å². The number of nitrogens with zero attached hydrogens (tertiary/aromatic N) is 2. The van der Waals surface area contributed by atoms with E-state index in [-0.39, 0.29) is 26.1 Å².